The van der Waals surface area contributed by atoms with Gasteiger partial charge in [-0.05, 0) is 74.0 Å². The molecule has 0 spiro atoms. The molecule has 0 aliphatic carbocycles. The van der Waals surface area contributed by atoms with Gasteiger partial charge in [0.05, 0.1) is 17.4 Å². The molecule has 0 atom stereocenters. The Labute approximate surface area is 196 Å². The molecule has 1 N–H and O–H groups in total. The molecular weight excluding hydrogens is 447 g/mol. The van der Waals surface area contributed by atoms with E-state index >= 15 is 0 Å². The molecule has 1 aliphatic rings. The highest BCUT2D eigenvalue weighted by atomic mass is 35.5. The molecule has 5 nitrogen and oxygen atoms in total. The van der Waals surface area contributed by atoms with Gasteiger partial charge in [-0.25, -0.2) is 4.90 Å². The van der Waals surface area contributed by atoms with Crippen molar-refractivity contribution in [2.45, 2.75) is 20.0 Å². The molecule has 0 radical (unpaired) electrons. The highest BCUT2D eigenvalue weighted by molar-refractivity contribution is 6.46. The van der Waals surface area contributed by atoms with Crippen LogP contribution in [-0.2, 0) is 9.59 Å². The number of ether oxygens (including phenoxy) is 1. The van der Waals surface area contributed by atoms with E-state index in [4.69, 9.17) is 27.9 Å². The van der Waals surface area contributed by atoms with E-state index in [1.807, 2.05) is 13.8 Å². The molecule has 1 heterocycles. The third-order valence-corrected chi connectivity index (χ3v) is 5.27. The van der Waals surface area contributed by atoms with E-state index in [9.17, 15) is 9.59 Å². The standard InChI is InChI=1S/C25H20Cl2N2O3/c1-15(2)32-21-12-10-19(11-13-21)28-23-22(16-6-8-17(26)9-7-16)24(30)29(25(23)31)20-5-3-4-18(27)14-20/h3-15,28H,1-2H3. The fourth-order valence-electron chi connectivity index (χ4n) is 3.41. The molecular formula is C25H20Cl2N2O3. The maximum absolute atomic E-state index is 13.4. The normalized spacial score (nSPS) is 13.8. The van der Waals surface area contributed by atoms with Gasteiger partial charge in [0, 0.05) is 15.7 Å². The van der Waals surface area contributed by atoms with Gasteiger partial charge >= 0.3 is 0 Å². The molecule has 0 saturated carbocycles. The second-order valence-corrected chi connectivity index (χ2v) is 8.37. The number of nitrogens with zero attached hydrogens (tertiary/aromatic N) is 1. The molecule has 0 aromatic heterocycles. The smallest absolute Gasteiger partial charge is 0.282 e. The predicted molar refractivity (Wildman–Crippen MR) is 128 cm³/mol. The Hall–Kier alpha value is -3.28. The van der Waals surface area contributed by atoms with Gasteiger partial charge in [-0.15, -0.1) is 0 Å². The molecule has 162 valence electrons. The Bertz CT molecular complexity index is 1200. The minimum atomic E-state index is -0.468. The third kappa shape index (κ3) is 4.49. The van der Waals surface area contributed by atoms with Crippen molar-refractivity contribution in [1.29, 1.82) is 0 Å². The van der Waals surface area contributed by atoms with E-state index in [2.05, 4.69) is 5.32 Å². The number of carbonyl (C=O) groups is 2. The predicted octanol–water partition coefficient (Wildman–Crippen LogP) is 6.18. The Morgan fingerprint density at radius 2 is 1.53 bits per heavy atom. The fourth-order valence-corrected chi connectivity index (χ4v) is 3.72. The molecule has 0 bridgehead atoms. The van der Waals surface area contributed by atoms with E-state index in [-0.39, 0.29) is 17.4 Å². The Balaban J connectivity index is 1.74. The van der Waals surface area contributed by atoms with Gasteiger partial charge in [0.1, 0.15) is 11.4 Å². The third-order valence-electron chi connectivity index (χ3n) is 4.78. The van der Waals surface area contributed by atoms with Gasteiger partial charge in [0.15, 0.2) is 0 Å². The van der Waals surface area contributed by atoms with E-state index in [0.29, 0.717) is 32.7 Å². The number of carbonyl (C=O) groups excluding carboxylic acids is 2. The number of benzene rings is 3. The lowest BCUT2D eigenvalue weighted by molar-refractivity contribution is -0.120. The zero-order valence-corrected chi connectivity index (χ0v) is 18.9. The molecule has 0 unspecified atom stereocenters. The van der Waals surface area contributed by atoms with Crippen LogP contribution in [-0.4, -0.2) is 17.9 Å². The van der Waals surface area contributed by atoms with Crippen LogP contribution in [0.5, 0.6) is 5.75 Å². The van der Waals surface area contributed by atoms with Gasteiger partial charge in [-0.2, -0.15) is 0 Å². The van der Waals surface area contributed by atoms with Crippen molar-refractivity contribution >= 4 is 52.0 Å². The van der Waals surface area contributed by atoms with Crippen molar-refractivity contribution in [1.82, 2.24) is 0 Å². The molecule has 1 aliphatic heterocycles. The van der Waals surface area contributed by atoms with Crippen molar-refractivity contribution in [2.75, 3.05) is 10.2 Å². The summed E-state index contributed by atoms with van der Waals surface area (Å²) in [5.74, 6) is -0.196. The van der Waals surface area contributed by atoms with Crippen molar-refractivity contribution in [3.05, 3.63) is 94.1 Å². The lowest BCUT2D eigenvalue weighted by atomic mass is 10.0. The van der Waals surface area contributed by atoms with Gasteiger partial charge in [0.2, 0.25) is 0 Å². The largest absolute Gasteiger partial charge is 0.491 e. The molecule has 0 saturated heterocycles. The Kier molecular flexibility index (Phi) is 6.21. The molecule has 7 heteroatoms. The van der Waals surface area contributed by atoms with Crippen molar-refractivity contribution in [3.8, 4) is 5.75 Å². The molecule has 0 fully saturated rings. The quantitative estimate of drug-likeness (QED) is 0.440. The Morgan fingerprint density at radius 1 is 0.844 bits per heavy atom. The Morgan fingerprint density at radius 3 is 2.16 bits per heavy atom. The minimum Gasteiger partial charge on any atom is -0.491 e. The number of nitrogens with one attached hydrogen (secondary N) is 1. The molecule has 4 rings (SSSR count). The van der Waals surface area contributed by atoms with Crippen LogP contribution in [0.4, 0.5) is 11.4 Å². The van der Waals surface area contributed by atoms with Crippen molar-refractivity contribution < 1.29 is 14.3 Å². The summed E-state index contributed by atoms with van der Waals surface area (Å²) >= 11 is 12.1. The summed E-state index contributed by atoms with van der Waals surface area (Å²) in [5, 5.41) is 4.09. The first-order chi connectivity index (χ1) is 15.3. The van der Waals surface area contributed by atoms with Crippen LogP contribution in [0.3, 0.4) is 0 Å². The lowest BCUT2D eigenvalue weighted by Gasteiger charge is -2.16. The highest BCUT2D eigenvalue weighted by Crippen LogP contribution is 2.35. The number of anilines is 2. The first kappa shape index (κ1) is 21.9. The van der Waals surface area contributed by atoms with Gasteiger partial charge in [-0.1, -0.05) is 41.4 Å². The zero-order chi connectivity index (χ0) is 22.8. The first-order valence-electron chi connectivity index (χ1n) is 10.0. The SMILES string of the molecule is CC(C)Oc1ccc(NC2=C(c3ccc(Cl)cc3)C(=O)N(c3cccc(Cl)c3)C2=O)cc1. The van der Waals surface area contributed by atoms with E-state index in [1.165, 1.54) is 0 Å². The van der Waals surface area contributed by atoms with Crippen LogP contribution in [0, 0.1) is 0 Å². The van der Waals surface area contributed by atoms with Crippen molar-refractivity contribution in [3.63, 3.8) is 0 Å². The van der Waals surface area contributed by atoms with Crippen LogP contribution in [0.2, 0.25) is 10.0 Å². The number of imide groups is 1. The number of hydrogen-bond acceptors (Lipinski definition) is 4. The number of hydrogen-bond donors (Lipinski definition) is 1. The van der Waals surface area contributed by atoms with E-state index < -0.39 is 11.8 Å². The highest BCUT2D eigenvalue weighted by Gasteiger charge is 2.40. The van der Waals surface area contributed by atoms with Gasteiger partial charge < -0.3 is 10.1 Å². The summed E-state index contributed by atoms with van der Waals surface area (Å²) in [5.41, 5.74) is 2.07. The topological polar surface area (TPSA) is 58.6 Å². The average Bonchev–Trinajstić information content (AvgIpc) is 2.99. The van der Waals surface area contributed by atoms with E-state index in [0.717, 1.165) is 4.90 Å². The second kappa shape index (κ2) is 9.07. The van der Waals surface area contributed by atoms with Crippen LogP contribution >= 0.6 is 23.2 Å². The van der Waals surface area contributed by atoms with Gasteiger partial charge in [-0.3, -0.25) is 9.59 Å². The summed E-state index contributed by atoms with van der Waals surface area (Å²) in [4.78, 5) is 27.9. The summed E-state index contributed by atoms with van der Waals surface area (Å²) in [7, 11) is 0. The average molecular weight is 467 g/mol. The number of rotatable bonds is 6. The summed E-state index contributed by atoms with van der Waals surface area (Å²) in [6, 6.07) is 20.6. The second-order valence-electron chi connectivity index (χ2n) is 7.50. The van der Waals surface area contributed by atoms with Crippen LogP contribution < -0.4 is 15.0 Å². The fraction of sp³-hybridized carbons (Fsp3) is 0.120. The maximum Gasteiger partial charge on any atom is 0.282 e. The van der Waals surface area contributed by atoms with Crippen LogP contribution in [0.1, 0.15) is 19.4 Å². The maximum atomic E-state index is 13.4. The first-order valence-corrected chi connectivity index (χ1v) is 10.8. The van der Waals surface area contributed by atoms with Gasteiger partial charge in [0.25, 0.3) is 11.8 Å². The van der Waals surface area contributed by atoms with Crippen LogP contribution in [0.25, 0.3) is 5.57 Å². The number of amides is 2. The molecule has 3 aromatic carbocycles. The lowest BCUT2D eigenvalue weighted by Crippen LogP contribution is -2.32. The molecule has 3 aromatic rings. The van der Waals surface area contributed by atoms with Crippen LogP contribution in [0.15, 0.2) is 78.5 Å². The molecule has 32 heavy (non-hydrogen) atoms. The minimum absolute atomic E-state index is 0.0494. The monoisotopic (exact) mass is 466 g/mol. The number of halogens is 2. The zero-order valence-electron chi connectivity index (χ0n) is 17.4. The summed E-state index contributed by atoms with van der Waals surface area (Å²) in [6.07, 6.45) is 0.0494. The summed E-state index contributed by atoms with van der Waals surface area (Å²) < 4.78 is 5.67. The van der Waals surface area contributed by atoms with Crippen molar-refractivity contribution in [2.24, 2.45) is 0 Å². The molecule has 2 amide bonds. The summed E-state index contributed by atoms with van der Waals surface area (Å²) in [6.45, 7) is 3.89. The van der Waals surface area contributed by atoms with E-state index in [1.54, 1.807) is 72.8 Å².